The summed E-state index contributed by atoms with van der Waals surface area (Å²) in [7, 11) is 0. The van der Waals surface area contributed by atoms with Crippen LogP contribution in [-0.4, -0.2) is 12.6 Å². The third-order valence-corrected chi connectivity index (χ3v) is 2.37. The summed E-state index contributed by atoms with van der Waals surface area (Å²) in [5.74, 6) is -0.100. The first-order chi connectivity index (χ1) is 7.02. The van der Waals surface area contributed by atoms with Gasteiger partial charge in [0.05, 0.1) is 6.61 Å². The fourth-order valence-corrected chi connectivity index (χ4v) is 1.32. The summed E-state index contributed by atoms with van der Waals surface area (Å²) in [4.78, 5) is 11.0. The van der Waals surface area contributed by atoms with Crippen molar-refractivity contribution in [2.24, 2.45) is 5.41 Å². The summed E-state index contributed by atoms with van der Waals surface area (Å²) in [5, 5.41) is 0. The molecule has 0 aliphatic carbocycles. The second-order valence-corrected chi connectivity index (χ2v) is 4.64. The highest BCUT2D eigenvalue weighted by molar-refractivity contribution is 5.68. The highest BCUT2D eigenvalue weighted by Gasteiger charge is 2.19. The van der Waals surface area contributed by atoms with Crippen LogP contribution in [0, 0.1) is 5.41 Å². The van der Waals surface area contributed by atoms with E-state index in [4.69, 9.17) is 4.74 Å². The molecule has 0 bridgehead atoms. The van der Waals surface area contributed by atoms with Crippen LogP contribution in [-0.2, 0) is 9.53 Å². The zero-order chi connectivity index (χ0) is 11.7. The van der Waals surface area contributed by atoms with Gasteiger partial charge in [0.15, 0.2) is 0 Å². The van der Waals surface area contributed by atoms with Gasteiger partial charge in [-0.2, -0.15) is 0 Å². The standard InChI is InChI=1S/C13H24O2/c1-5-7-8-9-10-13(3,4)11-15-12(14)6-2/h5,7H,6,8-11H2,1-4H3/b7-5+. The van der Waals surface area contributed by atoms with Crippen molar-refractivity contribution in [1.29, 1.82) is 0 Å². The van der Waals surface area contributed by atoms with Crippen LogP contribution >= 0.6 is 0 Å². The van der Waals surface area contributed by atoms with Crippen LogP contribution < -0.4 is 0 Å². The van der Waals surface area contributed by atoms with Crippen LogP contribution in [0.15, 0.2) is 12.2 Å². The van der Waals surface area contributed by atoms with Crippen molar-refractivity contribution in [2.75, 3.05) is 6.61 Å². The maximum atomic E-state index is 11.0. The Labute approximate surface area is 93.7 Å². The first kappa shape index (κ1) is 14.2. The van der Waals surface area contributed by atoms with E-state index in [1.165, 1.54) is 0 Å². The molecule has 88 valence electrons. The molecule has 0 N–H and O–H groups in total. The number of rotatable bonds is 7. The number of allylic oxidation sites excluding steroid dienone is 2. The Bertz CT molecular complexity index is 205. The minimum absolute atomic E-state index is 0.100. The molecule has 0 saturated carbocycles. The largest absolute Gasteiger partial charge is 0.465 e. The molecule has 0 atom stereocenters. The first-order valence-corrected chi connectivity index (χ1v) is 5.78. The van der Waals surface area contributed by atoms with Crippen molar-refractivity contribution < 1.29 is 9.53 Å². The molecule has 0 saturated heterocycles. The lowest BCUT2D eigenvalue weighted by atomic mass is 9.88. The zero-order valence-electron chi connectivity index (χ0n) is 10.5. The van der Waals surface area contributed by atoms with Crippen LogP contribution in [0.2, 0.25) is 0 Å². The summed E-state index contributed by atoms with van der Waals surface area (Å²) in [6.07, 6.45) is 8.07. The molecule has 0 aromatic carbocycles. The van der Waals surface area contributed by atoms with E-state index in [1.807, 2.05) is 13.8 Å². The maximum absolute atomic E-state index is 11.0. The highest BCUT2D eigenvalue weighted by Crippen LogP contribution is 2.23. The van der Waals surface area contributed by atoms with Gasteiger partial charge in [0.25, 0.3) is 0 Å². The molecule has 0 fully saturated rings. The van der Waals surface area contributed by atoms with Crippen LogP contribution in [0.5, 0.6) is 0 Å². The number of hydrogen-bond donors (Lipinski definition) is 0. The van der Waals surface area contributed by atoms with Crippen molar-refractivity contribution >= 4 is 5.97 Å². The smallest absolute Gasteiger partial charge is 0.305 e. The van der Waals surface area contributed by atoms with E-state index >= 15 is 0 Å². The summed E-state index contributed by atoms with van der Waals surface area (Å²) in [6, 6.07) is 0. The zero-order valence-corrected chi connectivity index (χ0v) is 10.5. The second-order valence-electron chi connectivity index (χ2n) is 4.64. The fourth-order valence-electron chi connectivity index (χ4n) is 1.32. The van der Waals surface area contributed by atoms with Crippen molar-refractivity contribution in [2.45, 2.75) is 53.4 Å². The third kappa shape index (κ3) is 8.22. The number of esters is 1. The molecule has 0 rings (SSSR count). The number of unbranched alkanes of at least 4 members (excludes halogenated alkanes) is 1. The van der Waals surface area contributed by atoms with Gasteiger partial charge in [0.1, 0.15) is 0 Å². The number of carbonyl (C=O) groups is 1. The second kappa shape index (κ2) is 7.49. The van der Waals surface area contributed by atoms with E-state index in [0.717, 1.165) is 19.3 Å². The van der Waals surface area contributed by atoms with E-state index < -0.39 is 0 Å². The molecule has 0 spiro atoms. The lowest BCUT2D eigenvalue weighted by Crippen LogP contribution is -2.21. The Morgan fingerprint density at radius 3 is 2.60 bits per heavy atom. The molecular formula is C13H24O2. The quantitative estimate of drug-likeness (QED) is 0.365. The van der Waals surface area contributed by atoms with Gasteiger partial charge in [-0.3, -0.25) is 4.79 Å². The van der Waals surface area contributed by atoms with Crippen LogP contribution in [0.25, 0.3) is 0 Å². The molecule has 2 heteroatoms. The van der Waals surface area contributed by atoms with Gasteiger partial charge in [0, 0.05) is 6.42 Å². The van der Waals surface area contributed by atoms with Gasteiger partial charge < -0.3 is 4.74 Å². The molecule has 0 aromatic rings. The Balaban J connectivity index is 3.71. The molecule has 0 aliphatic heterocycles. The third-order valence-electron chi connectivity index (χ3n) is 2.37. The predicted molar refractivity (Wildman–Crippen MR) is 63.7 cm³/mol. The molecule has 0 unspecified atom stereocenters. The van der Waals surface area contributed by atoms with Crippen molar-refractivity contribution in [3.63, 3.8) is 0 Å². The van der Waals surface area contributed by atoms with Gasteiger partial charge in [0.2, 0.25) is 0 Å². The molecular weight excluding hydrogens is 188 g/mol. The monoisotopic (exact) mass is 212 g/mol. The molecule has 15 heavy (non-hydrogen) atoms. The van der Waals surface area contributed by atoms with E-state index in [2.05, 4.69) is 26.0 Å². The lowest BCUT2D eigenvalue weighted by molar-refractivity contribution is -0.146. The summed E-state index contributed by atoms with van der Waals surface area (Å²) in [5.41, 5.74) is 0.104. The average Bonchev–Trinajstić information content (AvgIpc) is 2.21. The molecule has 0 radical (unpaired) electrons. The SMILES string of the molecule is C/C=C/CCCC(C)(C)COC(=O)CC. The fraction of sp³-hybridized carbons (Fsp3) is 0.769. The lowest BCUT2D eigenvalue weighted by Gasteiger charge is -2.23. The first-order valence-electron chi connectivity index (χ1n) is 5.78. The normalized spacial score (nSPS) is 12.0. The Kier molecular flexibility index (Phi) is 7.10. The molecule has 0 heterocycles. The van der Waals surface area contributed by atoms with E-state index in [9.17, 15) is 4.79 Å². The predicted octanol–water partition coefficient (Wildman–Crippen LogP) is 3.71. The number of carbonyl (C=O) groups excluding carboxylic acids is 1. The highest BCUT2D eigenvalue weighted by atomic mass is 16.5. The summed E-state index contributed by atoms with van der Waals surface area (Å²) >= 11 is 0. The summed E-state index contributed by atoms with van der Waals surface area (Å²) < 4.78 is 5.16. The van der Waals surface area contributed by atoms with Crippen molar-refractivity contribution in [3.05, 3.63) is 12.2 Å². The topological polar surface area (TPSA) is 26.3 Å². The average molecular weight is 212 g/mol. The Morgan fingerprint density at radius 1 is 1.40 bits per heavy atom. The Morgan fingerprint density at radius 2 is 2.07 bits per heavy atom. The number of ether oxygens (including phenoxy) is 1. The van der Waals surface area contributed by atoms with E-state index in [1.54, 1.807) is 0 Å². The van der Waals surface area contributed by atoms with Gasteiger partial charge in [-0.1, -0.05) is 32.9 Å². The molecule has 2 nitrogen and oxygen atoms in total. The van der Waals surface area contributed by atoms with E-state index in [0.29, 0.717) is 13.0 Å². The Hall–Kier alpha value is -0.790. The van der Waals surface area contributed by atoms with Gasteiger partial charge in [-0.15, -0.1) is 0 Å². The van der Waals surface area contributed by atoms with Crippen LogP contribution in [0.1, 0.15) is 53.4 Å². The minimum atomic E-state index is -0.100. The summed E-state index contributed by atoms with van der Waals surface area (Å²) in [6.45, 7) is 8.68. The molecule has 0 aliphatic rings. The number of hydrogen-bond acceptors (Lipinski definition) is 2. The van der Waals surface area contributed by atoms with Gasteiger partial charge >= 0.3 is 5.97 Å². The minimum Gasteiger partial charge on any atom is -0.465 e. The van der Waals surface area contributed by atoms with Crippen molar-refractivity contribution in [3.8, 4) is 0 Å². The van der Waals surface area contributed by atoms with Crippen molar-refractivity contribution in [1.82, 2.24) is 0 Å². The van der Waals surface area contributed by atoms with Crippen LogP contribution in [0.3, 0.4) is 0 Å². The maximum Gasteiger partial charge on any atom is 0.305 e. The van der Waals surface area contributed by atoms with Crippen LogP contribution in [0.4, 0.5) is 0 Å². The molecule has 0 amide bonds. The van der Waals surface area contributed by atoms with Gasteiger partial charge in [-0.05, 0) is 31.6 Å². The molecule has 0 aromatic heterocycles. The van der Waals surface area contributed by atoms with Gasteiger partial charge in [-0.25, -0.2) is 0 Å². The van der Waals surface area contributed by atoms with E-state index in [-0.39, 0.29) is 11.4 Å².